The molecule has 4 rings (SSSR count). The zero-order valence-corrected chi connectivity index (χ0v) is 11.4. The second-order valence-electron chi connectivity index (χ2n) is 4.27. The SMILES string of the molecule is S=c1[nH]n2c(Cc3c[nH]c4ccccc34)nnc2s1. The van der Waals surface area contributed by atoms with Crippen molar-refractivity contribution in [3.05, 3.63) is 45.8 Å². The van der Waals surface area contributed by atoms with Gasteiger partial charge in [0.05, 0.1) is 0 Å². The molecule has 4 aromatic rings. The smallest absolute Gasteiger partial charge is 0.233 e. The van der Waals surface area contributed by atoms with Gasteiger partial charge in [-0.1, -0.05) is 29.5 Å². The molecule has 0 aliphatic carbocycles. The Hall–Kier alpha value is -1.99. The summed E-state index contributed by atoms with van der Waals surface area (Å²) in [6, 6.07) is 8.23. The van der Waals surface area contributed by atoms with Crippen LogP contribution < -0.4 is 0 Å². The molecule has 0 spiro atoms. The fourth-order valence-corrected chi connectivity index (χ4v) is 3.18. The normalized spacial score (nSPS) is 11.6. The summed E-state index contributed by atoms with van der Waals surface area (Å²) in [6.45, 7) is 0. The number of aromatic nitrogens is 5. The average molecular weight is 287 g/mol. The molecule has 0 aliphatic rings. The van der Waals surface area contributed by atoms with Crippen LogP contribution in [-0.4, -0.2) is 24.8 Å². The second kappa shape index (κ2) is 4.01. The molecule has 0 bridgehead atoms. The van der Waals surface area contributed by atoms with Gasteiger partial charge >= 0.3 is 0 Å². The van der Waals surface area contributed by atoms with E-state index in [1.54, 1.807) is 0 Å². The number of rotatable bonds is 2. The first-order valence-corrected chi connectivity index (χ1v) is 7.02. The monoisotopic (exact) mass is 287 g/mol. The van der Waals surface area contributed by atoms with Gasteiger partial charge < -0.3 is 4.98 Å². The summed E-state index contributed by atoms with van der Waals surface area (Å²) in [5.41, 5.74) is 2.34. The topological polar surface area (TPSA) is 61.8 Å². The van der Waals surface area contributed by atoms with Crippen molar-refractivity contribution in [2.24, 2.45) is 0 Å². The van der Waals surface area contributed by atoms with Gasteiger partial charge in [0, 0.05) is 23.5 Å². The molecular weight excluding hydrogens is 278 g/mol. The number of hydrogen-bond acceptors (Lipinski definition) is 4. The van der Waals surface area contributed by atoms with Gasteiger partial charge in [0.2, 0.25) is 4.96 Å². The summed E-state index contributed by atoms with van der Waals surface area (Å²) < 4.78 is 2.57. The van der Waals surface area contributed by atoms with Crippen LogP contribution in [0.5, 0.6) is 0 Å². The highest BCUT2D eigenvalue weighted by atomic mass is 32.1. The molecular formula is C12H9N5S2. The molecule has 0 amide bonds. The number of para-hydroxylation sites is 1. The molecule has 19 heavy (non-hydrogen) atoms. The molecule has 0 saturated carbocycles. The van der Waals surface area contributed by atoms with E-state index in [0.29, 0.717) is 10.4 Å². The van der Waals surface area contributed by atoms with E-state index in [1.165, 1.54) is 22.3 Å². The van der Waals surface area contributed by atoms with E-state index in [4.69, 9.17) is 12.2 Å². The summed E-state index contributed by atoms with van der Waals surface area (Å²) in [5, 5.41) is 12.6. The van der Waals surface area contributed by atoms with Crippen molar-refractivity contribution < 1.29 is 0 Å². The average Bonchev–Trinajstić information content (AvgIpc) is 3.07. The Balaban J connectivity index is 1.84. The van der Waals surface area contributed by atoms with Crippen molar-refractivity contribution in [3.8, 4) is 0 Å². The maximum atomic E-state index is 5.12. The van der Waals surface area contributed by atoms with Crippen molar-refractivity contribution >= 4 is 39.4 Å². The largest absolute Gasteiger partial charge is 0.361 e. The number of hydrogen-bond donors (Lipinski definition) is 2. The van der Waals surface area contributed by atoms with Crippen molar-refractivity contribution in [1.82, 2.24) is 24.8 Å². The lowest BCUT2D eigenvalue weighted by Gasteiger charge is -1.96. The molecule has 0 fully saturated rings. The van der Waals surface area contributed by atoms with Gasteiger partial charge in [0.1, 0.15) is 0 Å². The van der Waals surface area contributed by atoms with Crippen molar-refractivity contribution in [1.29, 1.82) is 0 Å². The molecule has 94 valence electrons. The van der Waals surface area contributed by atoms with Crippen LogP contribution in [0.15, 0.2) is 30.5 Å². The van der Waals surface area contributed by atoms with Crippen LogP contribution >= 0.6 is 23.6 Å². The molecule has 7 heteroatoms. The van der Waals surface area contributed by atoms with Gasteiger partial charge in [-0.25, -0.2) is 4.52 Å². The first kappa shape index (κ1) is 10.9. The molecule has 0 saturated heterocycles. The van der Waals surface area contributed by atoms with Crippen LogP contribution in [0, 0.1) is 3.95 Å². The van der Waals surface area contributed by atoms with Gasteiger partial charge in [-0.05, 0) is 23.8 Å². The van der Waals surface area contributed by atoms with Crippen LogP contribution in [0.25, 0.3) is 15.9 Å². The lowest BCUT2D eigenvalue weighted by molar-refractivity contribution is 0.850. The molecule has 0 aliphatic heterocycles. The molecule has 2 N–H and O–H groups in total. The number of benzene rings is 1. The fraction of sp³-hybridized carbons (Fsp3) is 0.0833. The summed E-state index contributed by atoms with van der Waals surface area (Å²) in [5.74, 6) is 0.868. The van der Waals surface area contributed by atoms with Gasteiger partial charge in [-0.3, -0.25) is 5.10 Å². The predicted octanol–water partition coefficient (Wildman–Crippen LogP) is 2.92. The highest BCUT2D eigenvalue weighted by molar-refractivity contribution is 7.73. The molecule has 0 atom stereocenters. The third-order valence-corrected chi connectivity index (χ3v) is 4.18. The first-order chi connectivity index (χ1) is 9.31. The minimum atomic E-state index is 0.713. The van der Waals surface area contributed by atoms with Gasteiger partial charge in [-0.2, -0.15) is 0 Å². The highest BCUT2D eigenvalue weighted by Gasteiger charge is 2.11. The zero-order valence-electron chi connectivity index (χ0n) is 9.75. The number of nitrogens with zero attached hydrogens (tertiary/aromatic N) is 3. The number of H-pyrrole nitrogens is 2. The van der Waals surface area contributed by atoms with Crippen molar-refractivity contribution in [3.63, 3.8) is 0 Å². The Kier molecular flexibility index (Phi) is 2.30. The number of nitrogens with one attached hydrogen (secondary N) is 2. The molecule has 1 aromatic carbocycles. The molecule has 3 heterocycles. The van der Waals surface area contributed by atoms with Gasteiger partial charge in [0.15, 0.2) is 9.78 Å². The zero-order chi connectivity index (χ0) is 12.8. The van der Waals surface area contributed by atoms with Gasteiger partial charge in [0.25, 0.3) is 0 Å². The lowest BCUT2D eigenvalue weighted by atomic mass is 10.1. The van der Waals surface area contributed by atoms with E-state index in [2.05, 4.69) is 32.4 Å². The van der Waals surface area contributed by atoms with Crippen molar-refractivity contribution in [2.45, 2.75) is 6.42 Å². The summed E-state index contributed by atoms with van der Waals surface area (Å²) in [4.78, 5) is 4.07. The summed E-state index contributed by atoms with van der Waals surface area (Å²) >= 11 is 6.55. The third kappa shape index (κ3) is 1.70. The minimum Gasteiger partial charge on any atom is -0.361 e. The first-order valence-electron chi connectivity index (χ1n) is 5.79. The van der Waals surface area contributed by atoms with E-state index in [9.17, 15) is 0 Å². The maximum absolute atomic E-state index is 5.12. The fourth-order valence-electron chi connectivity index (χ4n) is 2.24. The van der Waals surface area contributed by atoms with Crippen LogP contribution in [-0.2, 0) is 6.42 Å². The Bertz CT molecular complexity index is 926. The second-order valence-corrected chi connectivity index (χ2v) is 5.92. The summed E-state index contributed by atoms with van der Waals surface area (Å²) in [6.07, 6.45) is 2.74. The number of aromatic amines is 2. The minimum absolute atomic E-state index is 0.713. The maximum Gasteiger partial charge on any atom is 0.233 e. The number of fused-ring (bicyclic) bond motifs is 2. The predicted molar refractivity (Wildman–Crippen MR) is 77.2 cm³/mol. The molecule has 5 nitrogen and oxygen atoms in total. The van der Waals surface area contributed by atoms with E-state index in [1.807, 2.05) is 22.8 Å². The molecule has 0 radical (unpaired) electrons. The molecule has 3 aromatic heterocycles. The van der Waals surface area contributed by atoms with Crippen LogP contribution in [0.3, 0.4) is 0 Å². The van der Waals surface area contributed by atoms with E-state index < -0.39 is 0 Å². The van der Waals surface area contributed by atoms with Crippen LogP contribution in [0.2, 0.25) is 0 Å². The van der Waals surface area contributed by atoms with Crippen LogP contribution in [0.1, 0.15) is 11.4 Å². The Morgan fingerprint density at radius 1 is 1.26 bits per heavy atom. The molecule has 0 unspecified atom stereocenters. The van der Waals surface area contributed by atoms with Crippen LogP contribution in [0.4, 0.5) is 0 Å². The van der Waals surface area contributed by atoms with Crippen molar-refractivity contribution in [2.75, 3.05) is 0 Å². The standard InChI is InChI=1S/C12H9N5S2/c18-12-16-17-10(14-15-11(17)19-12)5-7-6-13-9-4-2-1-3-8(7)9/h1-4,6,13H,5H2,(H,16,18). The lowest BCUT2D eigenvalue weighted by Crippen LogP contribution is -1.96. The van der Waals surface area contributed by atoms with Gasteiger partial charge in [-0.15, -0.1) is 10.2 Å². The Morgan fingerprint density at radius 2 is 2.16 bits per heavy atom. The summed E-state index contributed by atoms with van der Waals surface area (Å²) in [7, 11) is 0. The van der Waals surface area contributed by atoms with E-state index in [-0.39, 0.29) is 0 Å². The highest BCUT2D eigenvalue weighted by Crippen LogP contribution is 2.20. The van der Waals surface area contributed by atoms with E-state index in [0.717, 1.165) is 16.3 Å². The Labute approximate surface area is 116 Å². The van der Waals surface area contributed by atoms with E-state index >= 15 is 0 Å². The third-order valence-electron chi connectivity index (χ3n) is 3.11. The Morgan fingerprint density at radius 3 is 3.11 bits per heavy atom. The quantitative estimate of drug-likeness (QED) is 0.557.